The van der Waals surface area contributed by atoms with E-state index in [4.69, 9.17) is 16.3 Å². The van der Waals surface area contributed by atoms with Crippen LogP contribution >= 0.6 is 11.6 Å². The summed E-state index contributed by atoms with van der Waals surface area (Å²) in [6, 6.07) is 8.43. The molecule has 1 N–H and O–H groups in total. The number of nitrogens with one attached hydrogen (secondary N) is 1. The molecule has 1 amide bonds. The summed E-state index contributed by atoms with van der Waals surface area (Å²) in [4.78, 5) is 23.2. The fraction of sp³-hybridized carbons (Fsp3) is 0.278. The van der Waals surface area contributed by atoms with Crippen LogP contribution in [0.1, 0.15) is 15.9 Å². The van der Waals surface area contributed by atoms with Crippen LogP contribution in [-0.4, -0.2) is 49.9 Å². The number of sulfonamides is 1. The summed E-state index contributed by atoms with van der Waals surface area (Å²) in [5, 5.41) is 13.8. The maximum atomic E-state index is 12.9. The number of aryl methyl sites for hydroxylation is 1. The van der Waals surface area contributed by atoms with E-state index in [1.165, 1.54) is 47.6 Å². The third-order valence-electron chi connectivity index (χ3n) is 4.44. The summed E-state index contributed by atoms with van der Waals surface area (Å²) in [5.41, 5.74) is 0.0686. The molecule has 0 unspecified atom stereocenters. The zero-order chi connectivity index (χ0) is 21.2. The van der Waals surface area contributed by atoms with Gasteiger partial charge in [0, 0.05) is 24.3 Å². The second kappa shape index (κ2) is 8.46. The average molecular weight is 440 g/mol. The lowest BCUT2D eigenvalue weighted by Gasteiger charge is -2.26. The van der Waals surface area contributed by atoms with Gasteiger partial charge >= 0.3 is 0 Å². The number of amides is 1. The first kappa shape index (κ1) is 21.2. The number of benzene rings is 2. The van der Waals surface area contributed by atoms with Gasteiger partial charge in [-0.1, -0.05) is 23.7 Å². The maximum absolute atomic E-state index is 12.9. The summed E-state index contributed by atoms with van der Waals surface area (Å²) in [6.07, 6.45) is 0. The normalized spacial score (nSPS) is 15.1. The number of nitrogens with zero attached hydrogens (tertiary/aromatic N) is 2. The molecule has 11 heteroatoms. The number of nitro benzene ring substituents is 1. The Morgan fingerprint density at radius 1 is 1.24 bits per heavy atom. The number of carbonyl (C=O) groups excluding carboxylic acids is 1. The molecule has 0 aromatic heterocycles. The van der Waals surface area contributed by atoms with Gasteiger partial charge in [-0.2, -0.15) is 4.31 Å². The van der Waals surface area contributed by atoms with Crippen LogP contribution < -0.4 is 5.32 Å². The number of morpholine rings is 1. The van der Waals surface area contributed by atoms with Crippen molar-refractivity contribution in [3.05, 3.63) is 62.7 Å². The van der Waals surface area contributed by atoms with Gasteiger partial charge in [-0.25, -0.2) is 8.42 Å². The van der Waals surface area contributed by atoms with Gasteiger partial charge in [-0.3, -0.25) is 14.9 Å². The molecule has 0 spiro atoms. The maximum Gasteiger partial charge on any atom is 0.285 e. The average Bonchev–Trinajstić information content (AvgIpc) is 2.69. The molecule has 1 aliphatic rings. The molecule has 1 heterocycles. The summed E-state index contributed by atoms with van der Waals surface area (Å²) >= 11 is 6.10. The number of hydrogen-bond donors (Lipinski definition) is 1. The molecule has 3 rings (SSSR count). The number of nitro groups is 1. The Morgan fingerprint density at radius 2 is 1.93 bits per heavy atom. The molecule has 29 heavy (non-hydrogen) atoms. The molecule has 1 fully saturated rings. The molecule has 2 aromatic carbocycles. The number of rotatable bonds is 5. The number of hydrogen-bond acceptors (Lipinski definition) is 6. The first-order chi connectivity index (χ1) is 13.7. The van der Waals surface area contributed by atoms with Gasteiger partial charge in [-0.05, 0) is 31.2 Å². The molecule has 1 saturated heterocycles. The standard InChI is InChI=1S/C18H18ClN3O6S/c1-12-3-2-4-14(17(12)22(24)25)18(23)20-13-5-6-15(19)16(11-13)29(26,27)21-7-9-28-10-8-21/h2-6,11H,7-10H2,1H3,(H,20,23). The quantitative estimate of drug-likeness (QED) is 0.565. The number of ether oxygens (including phenoxy) is 1. The SMILES string of the molecule is Cc1cccc(C(=O)Nc2ccc(Cl)c(S(=O)(=O)N3CCOCC3)c2)c1[N+](=O)[O-]. The fourth-order valence-corrected chi connectivity index (χ4v) is 4.90. The van der Waals surface area contributed by atoms with Crippen LogP contribution in [0.15, 0.2) is 41.3 Å². The zero-order valence-electron chi connectivity index (χ0n) is 15.4. The second-order valence-corrected chi connectivity index (χ2v) is 8.66. The van der Waals surface area contributed by atoms with E-state index in [-0.39, 0.29) is 53.2 Å². The minimum atomic E-state index is -3.88. The zero-order valence-corrected chi connectivity index (χ0v) is 17.0. The van der Waals surface area contributed by atoms with Crippen LogP contribution in [0.2, 0.25) is 5.02 Å². The molecular formula is C18H18ClN3O6S. The third kappa shape index (κ3) is 4.40. The minimum Gasteiger partial charge on any atom is -0.379 e. The van der Waals surface area contributed by atoms with Crippen molar-refractivity contribution in [2.45, 2.75) is 11.8 Å². The Morgan fingerprint density at radius 3 is 2.59 bits per heavy atom. The minimum absolute atomic E-state index is 0.0102. The summed E-state index contributed by atoms with van der Waals surface area (Å²) in [6.45, 7) is 2.49. The number of para-hydroxylation sites is 1. The lowest BCUT2D eigenvalue weighted by molar-refractivity contribution is -0.385. The van der Waals surface area contributed by atoms with E-state index >= 15 is 0 Å². The van der Waals surface area contributed by atoms with Gasteiger partial charge in [0.25, 0.3) is 11.6 Å². The van der Waals surface area contributed by atoms with Gasteiger partial charge in [0.2, 0.25) is 10.0 Å². The van der Waals surface area contributed by atoms with E-state index in [2.05, 4.69) is 5.32 Å². The van der Waals surface area contributed by atoms with Crippen LogP contribution in [0.25, 0.3) is 0 Å². The molecule has 0 aliphatic carbocycles. The van der Waals surface area contributed by atoms with Crippen LogP contribution in [-0.2, 0) is 14.8 Å². The summed E-state index contributed by atoms with van der Waals surface area (Å²) < 4.78 is 32.2. The highest BCUT2D eigenvalue weighted by molar-refractivity contribution is 7.89. The second-order valence-electron chi connectivity index (χ2n) is 6.34. The molecule has 1 aliphatic heterocycles. The van der Waals surface area contributed by atoms with Crippen LogP contribution in [0.5, 0.6) is 0 Å². The van der Waals surface area contributed by atoms with E-state index in [1.807, 2.05) is 0 Å². The molecule has 0 saturated carbocycles. The smallest absolute Gasteiger partial charge is 0.285 e. The van der Waals surface area contributed by atoms with Crippen molar-refractivity contribution in [3.63, 3.8) is 0 Å². The van der Waals surface area contributed by atoms with Crippen molar-refractivity contribution < 1.29 is 22.9 Å². The van der Waals surface area contributed by atoms with Gasteiger partial charge < -0.3 is 10.1 Å². The topological polar surface area (TPSA) is 119 Å². The molecule has 9 nitrogen and oxygen atoms in total. The number of carbonyl (C=O) groups is 1. The van der Waals surface area contributed by atoms with E-state index in [0.29, 0.717) is 5.56 Å². The fourth-order valence-electron chi connectivity index (χ4n) is 2.99. The number of halogens is 1. The van der Waals surface area contributed by atoms with Gasteiger partial charge in [0.15, 0.2) is 0 Å². The van der Waals surface area contributed by atoms with Gasteiger partial charge in [-0.15, -0.1) is 0 Å². The van der Waals surface area contributed by atoms with Crippen LogP contribution in [0, 0.1) is 17.0 Å². The first-order valence-electron chi connectivity index (χ1n) is 8.64. The molecular weight excluding hydrogens is 422 g/mol. The van der Waals surface area contributed by atoms with Crippen molar-refractivity contribution >= 4 is 38.9 Å². The van der Waals surface area contributed by atoms with E-state index in [0.717, 1.165) is 0 Å². The Labute approximate surface area is 172 Å². The predicted molar refractivity (Wildman–Crippen MR) is 107 cm³/mol. The highest BCUT2D eigenvalue weighted by Gasteiger charge is 2.29. The van der Waals surface area contributed by atoms with Crippen molar-refractivity contribution in [2.75, 3.05) is 31.6 Å². The van der Waals surface area contributed by atoms with E-state index in [9.17, 15) is 23.3 Å². The van der Waals surface area contributed by atoms with Crippen molar-refractivity contribution in [1.29, 1.82) is 0 Å². The van der Waals surface area contributed by atoms with Crippen LogP contribution in [0.3, 0.4) is 0 Å². The lowest BCUT2D eigenvalue weighted by atomic mass is 10.1. The first-order valence-corrected chi connectivity index (χ1v) is 10.5. The lowest BCUT2D eigenvalue weighted by Crippen LogP contribution is -2.40. The Balaban J connectivity index is 1.92. The predicted octanol–water partition coefficient (Wildman–Crippen LogP) is 2.83. The highest BCUT2D eigenvalue weighted by atomic mass is 35.5. The highest BCUT2D eigenvalue weighted by Crippen LogP contribution is 2.29. The van der Waals surface area contributed by atoms with Crippen molar-refractivity contribution in [1.82, 2.24) is 4.31 Å². The largest absolute Gasteiger partial charge is 0.379 e. The van der Waals surface area contributed by atoms with Gasteiger partial charge in [0.1, 0.15) is 10.5 Å². The van der Waals surface area contributed by atoms with Crippen LogP contribution in [0.4, 0.5) is 11.4 Å². The van der Waals surface area contributed by atoms with E-state index < -0.39 is 20.9 Å². The Bertz CT molecular complexity index is 1070. The molecule has 0 atom stereocenters. The Kier molecular flexibility index (Phi) is 6.18. The van der Waals surface area contributed by atoms with Gasteiger partial charge in [0.05, 0.1) is 23.2 Å². The van der Waals surface area contributed by atoms with E-state index in [1.54, 1.807) is 0 Å². The third-order valence-corrected chi connectivity index (χ3v) is 6.82. The monoisotopic (exact) mass is 439 g/mol. The van der Waals surface area contributed by atoms with Crippen molar-refractivity contribution in [2.24, 2.45) is 0 Å². The number of anilines is 1. The van der Waals surface area contributed by atoms with Crippen molar-refractivity contribution in [3.8, 4) is 0 Å². The molecule has 2 aromatic rings. The summed E-state index contributed by atoms with van der Waals surface area (Å²) in [5.74, 6) is -0.725. The summed E-state index contributed by atoms with van der Waals surface area (Å²) in [7, 11) is -3.88. The molecule has 0 radical (unpaired) electrons. The molecule has 154 valence electrons. The molecule has 0 bridgehead atoms. The Hall–Kier alpha value is -2.53.